The summed E-state index contributed by atoms with van der Waals surface area (Å²) in [6.45, 7) is 0. The summed E-state index contributed by atoms with van der Waals surface area (Å²) in [6.07, 6.45) is 0. The molecule has 2 aromatic rings. The molecule has 25 heavy (non-hydrogen) atoms. The molecule has 0 spiro atoms. The van der Waals surface area contributed by atoms with Gasteiger partial charge >= 0.3 is 0 Å². The average molecular weight is 357 g/mol. The van der Waals surface area contributed by atoms with E-state index in [9.17, 15) is 9.59 Å². The van der Waals surface area contributed by atoms with Gasteiger partial charge in [0.2, 0.25) is 0 Å². The Morgan fingerprint density at radius 3 is 2.56 bits per heavy atom. The zero-order valence-electron chi connectivity index (χ0n) is 13.2. The van der Waals surface area contributed by atoms with Crippen LogP contribution in [0.15, 0.2) is 58.9 Å². The summed E-state index contributed by atoms with van der Waals surface area (Å²) in [7, 11) is 1.52. The minimum absolute atomic E-state index is 0.381. The number of methoxy groups -OCH3 is 1. The summed E-state index contributed by atoms with van der Waals surface area (Å²) in [5.74, 6) is -0.228. The maximum Gasteiger partial charge on any atom is 0.263 e. The van der Waals surface area contributed by atoms with Crippen LogP contribution >= 0.6 is 11.6 Å². The van der Waals surface area contributed by atoms with Crippen LogP contribution in [0.25, 0.3) is 0 Å². The average Bonchev–Trinajstić information content (AvgIpc) is 3.16. The van der Waals surface area contributed by atoms with Crippen LogP contribution < -0.4 is 14.6 Å². The van der Waals surface area contributed by atoms with Crippen LogP contribution in [0.3, 0.4) is 0 Å². The molecule has 0 N–H and O–H groups in total. The summed E-state index contributed by atoms with van der Waals surface area (Å²) in [6, 6.07) is 12.0. The molecule has 2 heterocycles. The molecule has 2 aromatic carbocycles. The van der Waals surface area contributed by atoms with E-state index >= 15 is 0 Å². The van der Waals surface area contributed by atoms with Crippen LogP contribution in [-0.4, -0.2) is 31.0 Å². The molecule has 2 aliphatic rings. The Kier molecular flexibility index (Phi) is 3.65. The van der Waals surface area contributed by atoms with Gasteiger partial charge in [0.05, 0.1) is 18.5 Å². The number of rotatable bonds is 3. The number of benzene rings is 2. The molecular weight excluding hydrogens is 344 g/mol. The standard InChI is InChI=1S/C17H13ClN4O3/c1-25-13-7-3-5-11(9-13)21-16(23)14-15(17(21)24)22(20-19-14)12-6-2-4-10(18)8-12/h2-9,14-15H,1H3. The van der Waals surface area contributed by atoms with Crippen LogP contribution in [0.2, 0.25) is 5.02 Å². The lowest BCUT2D eigenvalue weighted by Crippen LogP contribution is -2.39. The molecule has 2 unspecified atom stereocenters. The van der Waals surface area contributed by atoms with E-state index in [1.165, 1.54) is 12.1 Å². The Bertz CT molecular complexity index is 901. The summed E-state index contributed by atoms with van der Waals surface area (Å²) in [5, 5.41) is 9.95. The highest BCUT2D eigenvalue weighted by atomic mass is 35.5. The number of hydrogen-bond acceptors (Lipinski definition) is 6. The van der Waals surface area contributed by atoms with Crippen LogP contribution in [0.1, 0.15) is 0 Å². The van der Waals surface area contributed by atoms with Gasteiger partial charge in [-0.05, 0) is 30.3 Å². The lowest BCUT2D eigenvalue weighted by atomic mass is 10.1. The highest BCUT2D eigenvalue weighted by molar-refractivity contribution is 6.31. The Hall–Kier alpha value is -2.93. The summed E-state index contributed by atoms with van der Waals surface area (Å²) >= 11 is 6.01. The third-order valence-corrected chi connectivity index (χ3v) is 4.40. The van der Waals surface area contributed by atoms with Crippen LogP contribution in [0.4, 0.5) is 11.4 Å². The van der Waals surface area contributed by atoms with Crippen molar-refractivity contribution in [1.29, 1.82) is 0 Å². The van der Waals surface area contributed by atoms with Crippen molar-refractivity contribution in [3.63, 3.8) is 0 Å². The van der Waals surface area contributed by atoms with Crippen molar-refractivity contribution in [2.24, 2.45) is 10.3 Å². The lowest BCUT2D eigenvalue weighted by Gasteiger charge is -2.20. The van der Waals surface area contributed by atoms with Gasteiger partial charge in [0.15, 0.2) is 12.1 Å². The Balaban J connectivity index is 1.70. The van der Waals surface area contributed by atoms with Gasteiger partial charge in [-0.25, -0.2) is 9.91 Å². The van der Waals surface area contributed by atoms with Gasteiger partial charge in [0.25, 0.3) is 11.8 Å². The van der Waals surface area contributed by atoms with Crippen LogP contribution in [-0.2, 0) is 9.59 Å². The second-order valence-corrected chi connectivity index (χ2v) is 6.07. The fraction of sp³-hybridized carbons (Fsp3) is 0.176. The molecule has 0 radical (unpaired) electrons. The number of hydrogen-bond donors (Lipinski definition) is 0. The highest BCUT2D eigenvalue weighted by Gasteiger charge is 2.55. The Morgan fingerprint density at radius 1 is 1.04 bits per heavy atom. The molecule has 0 bridgehead atoms. The first kappa shape index (κ1) is 15.6. The molecule has 1 saturated heterocycles. The van der Waals surface area contributed by atoms with E-state index in [1.807, 2.05) is 0 Å². The summed E-state index contributed by atoms with van der Waals surface area (Å²) < 4.78 is 5.17. The number of anilines is 2. The van der Waals surface area contributed by atoms with E-state index in [0.717, 1.165) is 4.90 Å². The number of amides is 2. The quantitative estimate of drug-likeness (QED) is 0.792. The number of carbonyl (C=O) groups excluding carboxylic acids is 2. The monoisotopic (exact) mass is 356 g/mol. The van der Waals surface area contributed by atoms with E-state index in [-0.39, 0.29) is 5.91 Å². The zero-order valence-corrected chi connectivity index (χ0v) is 13.9. The van der Waals surface area contributed by atoms with Crippen LogP contribution in [0, 0.1) is 0 Å². The van der Waals surface area contributed by atoms with E-state index in [2.05, 4.69) is 10.3 Å². The van der Waals surface area contributed by atoms with Gasteiger partial charge in [0.1, 0.15) is 5.75 Å². The fourth-order valence-electron chi connectivity index (χ4n) is 3.00. The van der Waals surface area contributed by atoms with Gasteiger partial charge in [-0.2, -0.15) is 5.11 Å². The van der Waals surface area contributed by atoms with E-state index < -0.39 is 18.0 Å². The molecule has 2 aliphatic heterocycles. The molecule has 2 atom stereocenters. The third-order valence-electron chi connectivity index (χ3n) is 4.17. The van der Waals surface area contributed by atoms with Crippen LogP contribution in [0.5, 0.6) is 5.75 Å². The number of fused-ring (bicyclic) bond motifs is 1. The minimum Gasteiger partial charge on any atom is -0.497 e. The lowest BCUT2D eigenvalue weighted by molar-refractivity contribution is -0.121. The van der Waals surface area contributed by atoms with Gasteiger partial charge in [-0.3, -0.25) is 9.59 Å². The Labute approximate surface area is 148 Å². The van der Waals surface area contributed by atoms with Crippen molar-refractivity contribution < 1.29 is 14.3 Å². The predicted octanol–water partition coefficient (Wildman–Crippen LogP) is 2.85. The SMILES string of the molecule is COc1cccc(N2C(=O)C3N=NN(c4cccc(Cl)c4)C3C2=O)c1. The van der Waals surface area contributed by atoms with Crippen molar-refractivity contribution in [2.45, 2.75) is 12.1 Å². The molecular formula is C17H13ClN4O3. The molecule has 1 fully saturated rings. The van der Waals surface area contributed by atoms with Gasteiger partial charge in [-0.1, -0.05) is 29.0 Å². The number of imide groups is 1. The van der Waals surface area contributed by atoms with Gasteiger partial charge in [-0.15, -0.1) is 0 Å². The van der Waals surface area contributed by atoms with Crippen molar-refractivity contribution in [3.8, 4) is 5.75 Å². The maximum atomic E-state index is 12.9. The predicted molar refractivity (Wildman–Crippen MR) is 91.9 cm³/mol. The molecule has 7 nitrogen and oxygen atoms in total. The number of carbonyl (C=O) groups is 2. The topological polar surface area (TPSA) is 74.6 Å². The molecule has 2 amide bonds. The van der Waals surface area contributed by atoms with Crippen molar-refractivity contribution in [2.75, 3.05) is 17.0 Å². The number of ether oxygens (including phenoxy) is 1. The van der Waals surface area contributed by atoms with Crippen molar-refractivity contribution in [1.82, 2.24) is 0 Å². The largest absolute Gasteiger partial charge is 0.497 e. The van der Waals surface area contributed by atoms with Gasteiger partial charge in [0, 0.05) is 11.1 Å². The molecule has 4 rings (SSSR count). The second-order valence-electron chi connectivity index (χ2n) is 5.63. The fourth-order valence-corrected chi connectivity index (χ4v) is 3.18. The molecule has 8 heteroatoms. The van der Waals surface area contributed by atoms with Crippen molar-refractivity contribution >= 4 is 34.8 Å². The first-order valence-electron chi connectivity index (χ1n) is 7.57. The molecule has 0 aliphatic carbocycles. The van der Waals surface area contributed by atoms with Crippen molar-refractivity contribution in [3.05, 3.63) is 53.6 Å². The number of halogens is 1. The Morgan fingerprint density at radius 2 is 1.80 bits per heavy atom. The minimum atomic E-state index is -0.863. The highest BCUT2D eigenvalue weighted by Crippen LogP contribution is 2.36. The summed E-state index contributed by atoms with van der Waals surface area (Å²) in [5.41, 5.74) is 1.06. The van der Waals surface area contributed by atoms with Gasteiger partial charge < -0.3 is 4.74 Å². The number of nitrogens with zero attached hydrogens (tertiary/aromatic N) is 4. The molecule has 0 saturated carbocycles. The first-order chi connectivity index (χ1) is 12.1. The second kappa shape index (κ2) is 5.86. The molecule has 126 valence electrons. The first-order valence-corrected chi connectivity index (χ1v) is 7.95. The third kappa shape index (κ3) is 2.44. The molecule has 0 aromatic heterocycles. The van der Waals surface area contributed by atoms with E-state index in [0.29, 0.717) is 22.1 Å². The maximum absolute atomic E-state index is 12.9. The normalized spacial score (nSPS) is 21.8. The summed E-state index contributed by atoms with van der Waals surface area (Å²) in [4.78, 5) is 26.8. The van der Waals surface area contributed by atoms with E-state index in [4.69, 9.17) is 16.3 Å². The zero-order chi connectivity index (χ0) is 17.6. The smallest absolute Gasteiger partial charge is 0.263 e. The van der Waals surface area contributed by atoms with E-state index in [1.54, 1.807) is 48.5 Å².